The Morgan fingerprint density at radius 3 is 2.35 bits per heavy atom. The molecule has 1 atom stereocenters. The maximum Gasteiger partial charge on any atom is 0.318 e. The van der Waals surface area contributed by atoms with Gasteiger partial charge in [-0.05, 0) is 62.9 Å². The summed E-state index contributed by atoms with van der Waals surface area (Å²) in [6.45, 7) is 9.93. The Labute approximate surface area is 192 Å². The van der Waals surface area contributed by atoms with Crippen molar-refractivity contribution in [2.45, 2.75) is 59.9 Å². The molecule has 1 unspecified atom stereocenters. The maximum atomic E-state index is 13.3. The fourth-order valence-electron chi connectivity index (χ4n) is 4.24. The zero-order valence-corrected chi connectivity index (χ0v) is 20.5. The lowest BCUT2D eigenvalue weighted by Gasteiger charge is -2.38. The minimum absolute atomic E-state index is 0.0236. The number of aryl methyl sites for hydroxylation is 3. The van der Waals surface area contributed by atoms with Crippen molar-refractivity contribution in [1.82, 2.24) is 4.98 Å². The van der Waals surface area contributed by atoms with E-state index in [1.807, 2.05) is 52.8 Å². The number of aromatic nitrogens is 1. The highest BCUT2D eigenvalue weighted by atomic mass is 79.9. The van der Waals surface area contributed by atoms with E-state index in [0.717, 1.165) is 51.1 Å². The second kappa shape index (κ2) is 9.39. The smallest absolute Gasteiger partial charge is 0.318 e. The number of ether oxygens (including phenoxy) is 2. The number of amides is 1. The van der Waals surface area contributed by atoms with Crippen molar-refractivity contribution in [1.29, 1.82) is 0 Å². The fraction of sp³-hybridized carbons (Fsp3) is 0.458. The second-order valence-electron chi connectivity index (χ2n) is 8.00. The lowest BCUT2D eigenvalue weighted by Crippen LogP contribution is -2.49. The van der Waals surface area contributed by atoms with Crippen molar-refractivity contribution in [2.24, 2.45) is 5.92 Å². The number of anilines is 1. The van der Waals surface area contributed by atoms with Crippen molar-refractivity contribution in [3.63, 3.8) is 0 Å². The molecule has 31 heavy (non-hydrogen) atoms. The summed E-state index contributed by atoms with van der Waals surface area (Å²) in [6, 6.07) is 5.86. The minimum Gasteiger partial charge on any atom is -0.468 e. The first kappa shape index (κ1) is 23.3. The van der Waals surface area contributed by atoms with Crippen LogP contribution >= 0.6 is 15.9 Å². The summed E-state index contributed by atoms with van der Waals surface area (Å²) >= 11 is 3.52. The summed E-state index contributed by atoms with van der Waals surface area (Å²) in [5, 5.41) is 0. The number of esters is 1. The van der Waals surface area contributed by atoms with Gasteiger partial charge in [-0.2, -0.15) is 0 Å². The van der Waals surface area contributed by atoms with E-state index in [2.05, 4.69) is 20.9 Å². The van der Waals surface area contributed by atoms with Gasteiger partial charge in [-0.25, -0.2) is 4.98 Å². The average molecular weight is 489 g/mol. The normalized spacial score (nSPS) is 15.8. The number of hydrogen-bond acceptors (Lipinski definition) is 5. The van der Waals surface area contributed by atoms with Gasteiger partial charge in [0.25, 0.3) is 0 Å². The number of carbonyl (C=O) groups excluding carboxylic acids is 2. The van der Waals surface area contributed by atoms with Crippen molar-refractivity contribution < 1.29 is 19.1 Å². The van der Waals surface area contributed by atoms with Gasteiger partial charge < -0.3 is 14.4 Å². The Kier molecular flexibility index (Phi) is 7.04. The van der Waals surface area contributed by atoms with E-state index in [0.29, 0.717) is 5.88 Å². The number of methoxy groups -OCH3 is 1. The Morgan fingerprint density at radius 2 is 1.81 bits per heavy atom. The van der Waals surface area contributed by atoms with E-state index in [1.54, 1.807) is 4.90 Å². The molecule has 1 aromatic heterocycles. The molecule has 0 saturated heterocycles. The summed E-state index contributed by atoms with van der Waals surface area (Å²) < 4.78 is 12.3. The van der Waals surface area contributed by atoms with Gasteiger partial charge in [0, 0.05) is 28.2 Å². The van der Waals surface area contributed by atoms with E-state index in [1.165, 1.54) is 7.11 Å². The first-order chi connectivity index (χ1) is 14.7. The minimum atomic E-state index is -0.905. The number of carbonyl (C=O) groups is 2. The zero-order chi connectivity index (χ0) is 22.9. The summed E-state index contributed by atoms with van der Waals surface area (Å²) in [4.78, 5) is 32.2. The lowest BCUT2D eigenvalue weighted by atomic mass is 9.90. The van der Waals surface area contributed by atoms with Gasteiger partial charge in [-0.15, -0.1) is 0 Å². The highest BCUT2D eigenvalue weighted by Crippen LogP contribution is 2.41. The number of hydrogen-bond donors (Lipinski definition) is 0. The third-order valence-electron chi connectivity index (χ3n) is 5.81. The number of rotatable bonds is 6. The van der Waals surface area contributed by atoms with Gasteiger partial charge in [-0.3, -0.25) is 9.59 Å². The molecule has 166 valence electrons. The van der Waals surface area contributed by atoms with Gasteiger partial charge in [0.15, 0.2) is 0 Å². The lowest BCUT2D eigenvalue weighted by molar-refractivity contribution is -0.149. The van der Waals surface area contributed by atoms with Crippen LogP contribution in [0.4, 0.5) is 5.69 Å². The Bertz CT molecular complexity index is 994. The van der Waals surface area contributed by atoms with Crippen LogP contribution in [0.3, 0.4) is 0 Å². The molecule has 0 fully saturated rings. The van der Waals surface area contributed by atoms with Crippen LogP contribution in [0.2, 0.25) is 0 Å². The summed E-state index contributed by atoms with van der Waals surface area (Å²) in [7, 11) is 1.31. The molecule has 0 bridgehead atoms. The third kappa shape index (κ3) is 4.47. The van der Waals surface area contributed by atoms with Gasteiger partial charge >= 0.3 is 5.97 Å². The Morgan fingerprint density at radius 1 is 1.19 bits per heavy atom. The van der Waals surface area contributed by atoms with Crippen molar-refractivity contribution in [2.75, 3.05) is 12.0 Å². The molecule has 0 saturated carbocycles. The summed E-state index contributed by atoms with van der Waals surface area (Å²) in [6.07, 6.45) is 1.75. The first-order valence-electron chi connectivity index (χ1n) is 10.6. The predicted molar refractivity (Wildman–Crippen MR) is 124 cm³/mol. The predicted octanol–water partition coefficient (Wildman–Crippen LogP) is 5.43. The van der Waals surface area contributed by atoms with Crippen molar-refractivity contribution in [3.8, 4) is 11.6 Å². The van der Waals surface area contributed by atoms with Crippen LogP contribution in [-0.4, -0.2) is 30.0 Å². The van der Waals surface area contributed by atoms with E-state index in [4.69, 9.17) is 9.47 Å². The molecule has 2 aromatic rings. The molecule has 0 N–H and O–H groups in total. The standard InChI is InChI=1S/C24H29BrN2O4/c1-7-17(8-2)27-20-11-15(5)26-22(18(20)12-19(23(27)28)24(29)30-6)31-21-13(3)9-16(25)10-14(21)4/h9-11,17,19H,7-8,12H2,1-6H3. The van der Waals surface area contributed by atoms with Crippen LogP contribution in [0.1, 0.15) is 49.1 Å². The van der Waals surface area contributed by atoms with E-state index in [-0.39, 0.29) is 18.4 Å². The highest BCUT2D eigenvalue weighted by molar-refractivity contribution is 9.10. The monoisotopic (exact) mass is 488 g/mol. The molecular formula is C24H29BrN2O4. The van der Waals surface area contributed by atoms with Gasteiger partial charge in [-0.1, -0.05) is 29.8 Å². The molecule has 3 rings (SSSR count). The molecule has 0 aliphatic carbocycles. The molecular weight excluding hydrogens is 460 g/mol. The average Bonchev–Trinajstić information content (AvgIpc) is 2.72. The van der Waals surface area contributed by atoms with Crippen LogP contribution in [0.25, 0.3) is 0 Å². The van der Waals surface area contributed by atoms with E-state index in [9.17, 15) is 9.59 Å². The number of benzene rings is 1. The van der Waals surface area contributed by atoms with Crippen LogP contribution in [-0.2, 0) is 20.7 Å². The van der Waals surface area contributed by atoms with E-state index >= 15 is 0 Å². The number of fused-ring (bicyclic) bond motifs is 1. The quantitative estimate of drug-likeness (QED) is 0.400. The number of nitrogens with zero attached hydrogens (tertiary/aromatic N) is 2. The molecule has 1 aliphatic rings. The largest absolute Gasteiger partial charge is 0.468 e. The highest BCUT2D eigenvalue weighted by Gasteiger charge is 2.42. The van der Waals surface area contributed by atoms with Gasteiger partial charge in [0.2, 0.25) is 11.8 Å². The van der Waals surface area contributed by atoms with Crippen LogP contribution in [0.15, 0.2) is 22.7 Å². The molecule has 2 heterocycles. The van der Waals surface area contributed by atoms with Gasteiger partial charge in [0.05, 0.1) is 12.8 Å². The van der Waals surface area contributed by atoms with E-state index < -0.39 is 11.9 Å². The maximum absolute atomic E-state index is 13.3. The number of halogens is 1. The number of pyridine rings is 1. The molecule has 1 aromatic carbocycles. The molecule has 0 spiro atoms. The van der Waals surface area contributed by atoms with Gasteiger partial charge in [0.1, 0.15) is 11.7 Å². The molecule has 1 amide bonds. The van der Waals surface area contributed by atoms with Crippen LogP contribution in [0, 0.1) is 26.7 Å². The SMILES string of the molecule is CCC(CC)N1C(=O)C(C(=O)OC)Cc2c1cc(C)nc2Oc1c(C)cc(Br)cc1C. The van der Waals surface area contributed by atoms with Crippen molar-refractivity contribution in [3.05, 3.63) is 45.1 Å². The Balaban J connectivity index is 2.18. The zero-order valence-electron chi connectivity index (χ0n) is 18.9. The third-order valence-corrected chi connectivity index (χ3v) is 6.27. The molecule has 6 nitrogen and oxygen atoms in total. The van der Waals surface area contributed by atoms with Crippen molar-refractivity contribution >= 4 is 33.5 Å². The second-order valence-corrected chi connectivity index (χ2v) is 8.91. The topological polar surface area (TPSA) is 68.7 Å². The fourth-order valence-corrected chi connectivity index (χ4v) is 4.92. The van der Waals surface area contributed by atoms with Crippen LogP contribution < -0.4 is 9.64 Å². The molecule has 7 heteroatoms. The summed E-state index contributed by atoms with van der Waals surface area (Å²) in [5.74, 6) is -0.503. The first-order valence-corrected chi connectivity index (χ1v) is 11.4. The molecule has 1 aliphatic heterocycles. The Hall–Kier alpha value is -2.41. The van der Waals surface area contributed by atoms with Crippen LogP contribution in [0.5, 0.6) is 11.6 Å². The summed E-state index contributed by atoms with van der Waals surface area (Å²) in [5.41, 5.74) is 4.22. The molecule has 0 radical (unpaired) electrons.